The van der Waals surface area contributed by atoms with E-state index in [1.54, 1.807) is 31.4 Å². The van der Waals surface area contributed by atoms with Crippen LogP contribution in [0.2, 0.25) is 0 Å². The highest BCUT2D eigenvalue weighted by Crippen LogP contribution is 2.27. The number of amides is 2. The minimum Gasteiger partial charge on any atom is -0.493 e. The van der Waals surface area contributed by atoms with Gasteiger partial charge in [0, 0.05) is 17.8 Å². The van der Waals surface area contributed by atoms with Crippen LogP contribution in [0.3, 0.4) is 0 Å². The summed E-state index contributed by atoms with van der Waals surface area (Å²) in [7, 11) is -0.648. The van der Waals surface area contributed by atoms with E-state index in [1.165, 1.54) is 43.5 Å². The van der Waals surface area contributed by atoms with E-state index in [2.05, 4.69) is 10.0 Å². The summed E-state index contributed by atoms with van der Waals surface area (Å²) in [4.78, 5) is 23.3. The van der Waals surface area contributed by atoms with Gasteiger partial charge in [-0.1, -0.05) is 6.07 Å². The van der Waals surface area contributed by atoms with Gasteiger partial charge in [-0.2, -0.15) is 0 Å². The average molecular weight is 514 g/mol. The number of carbonyl (C=O) groups excluding carboxylic acids is 2. The van der Waals surface area contributed by atoms with Crippen LogP contribution in [-0.4, -0.2) is 47.6 Å². The largest absolute Gasteiger partial charge is 0.493 e. The van der Waals surface area contributed by atoms with Gasteiger partial charge in [-0.3, -0.25) is 9.59 Å². The van der Waals surface area contributed by atoms with Crippen LogP contribution in [0.4, 0.5) is 5.69 Å². The fraction of sp³-hybridized carbons (Fsp3) is 0.200. The van der Waals surface area contributed by atoms with Gasteiger partial charge in [-0.25, -0.2) is 13.1 Å². The van der Waals surface area contributed by atoms with Gasteiger partial charge in [0.1, 0.15) is 5.75 Å². The predicted molar refractivity (Wildman–Crippen MR) is 134 cm³/mol. The number of nitrogens with one attached hydrogen (secondary N) is 2. The third-order valence-corrected chi connectivity index (χ3v) is 6.59. The summed E-state index contributed by atoms with van der Waals surface area (Å²) in [6.45, 7) is -0.0934. The Morgan fingerprint density at radius 3 is 2.17 bits per heavy atom. The number of nitrogens with two attached hydrogens (primary N) is 1. The molecule has 2 amide bonds. The summed E-state index contributed by atoms with van der Waals surface area (Å²) in [5.74, 6) is 0.521. The minimum absolute atomic E-state index is 0.0705. The Hall–Kier alpha value is -4.09. The van der Waals surface area contributed by atoms with Crippen LogP contribution in [0, 0.1) is 0 Å². The zero-order valence-corrected chi connectivity index (χ0v) is 20.6. The summed E-state index contributed by atoms with van der Waals surface area (Å²) in [6, 6.07) is 17.2. The van der Waals surface area contributed by atoms with Gasteiger partial charge < -0.3 is 25.3 Å². The fourth-order valence-corrected chi connectivity index (χ4v) is 4.26. The maximum atomic E-state index is 12.6. The third-order valence-electron chi connectivity index (χ3n) is 5.11. The van der Waals surface area contributed by atoms with E-state index in [4.69, 9.17) is 19.9 Å². The van der Waals surface area contributed by atoms with Crippen molar-refractivity contribution < 1.29 is 32.2 Å². The molecule has 0 bridgehead atoms. The zero-order chi connectivity index (χ0) is 26.1. The van der Waals surface area contributed by atoms with Crippen molar-refractivity contribution in [3.8, 4) is 17.2 Å². The molecule has 0 aromatic heterocycles. The molecule has 0 fully saturated rings. The van der Waals surface area contributed by atoms with E-state index in [9.17, 15) is 18.0 Å². The second-order valence-electron chi connectivity index (χ2n) is 7.59. The topological polar surface area (TPSA) is 146 Å². The maximum absolute atomic E-state index is 12.6. The second-order valence-corrected chi connectivity index (χ2v) is 9.35. The van der Waals surface area contributed by atoms with Crippen LogP contribution in [0.15, 0.2) is 71.6 Å². The van der Waals surface area contributed by atoms with Gasteiger partial charge >= 0.3 is 0 Å². The number of sulfonamides is 1. The Balaban J connectivity index is 1.49. The third kappa shape index (κ3) is 7.20. The molecule has 0 atom stereocenters. The molecule has 3 aromatic carbocycles. The van der Waals surface area contributed by atoms with Crippen LogP contribution in [0.5, 0.6) is 17.2 Å². The number of benzene rings is 3. The number of hydrogen-bond acceptors (Lipinski definition) is 7. The highest BCUT2D eigenvalue weighted by atomic mass is 32.2. The number of primary amides is 1. The van der Waals surface area contributed by atoms with Crippen molar-refractivity contribution in [1.29, 1.82) is 0 Å². The minimum atomic E-state index is -3.73. The van der Waals surface area contributed by atoms with E-state index in [0.717, 1.165) is 5.56 Å². The highest BCUT2D eigenvalue weighted by molar-refractivity contribution is 7.89. The van der Waals surface area contributed by atoms with Crippen molar-refractivity contribution >= 4 is 27.5 Å². The molecule has 190 valence electrons. The van der Waals surface area contributed by atoms with E-state index in [1.807, 2.05) is 6.07 Å². The molecule has 10 nitrogen and oxygen atoms in total. The van der Waals surface area contributed by atoms with Crippen LogP contribution in [-0.2, 0) is 21.2 Å². The normalized spacial score (nSPS) is 10.9. The van der Waals surface area contributed by atoms with Gasteiger partial charge in [0.2, 0.25) is 15.9 Å². The molecule has 11 heteroatoms. The fourth-order valence-electron chi connectivity index (χ4n) is 3.23. The molecule has 0 heterocycles. The van der Waals surface area contributed by atoms with Crippen molar-refractivity contribution in [2.24, 2.45) is 5.73 Å². The summed E-state index contributed by atoms with van der Waals surface area (Å²) in [6.07, 6.45) is 0.459. The van der Waals surface area contributed by atoms with E-state index >= 15 is 0 Å². The molecular weight excluding hydrogens is 486 g/mol. The SMILES string of the molecule is COc1ccc(CCNS(=O)(=O)c2ccc(OCC(=O)Nc3ccc(C(N)=O)cc3)cc2)cc1OC. The molecule has 3 aromatic rings. The van der Waals surface area contributed by atoms with Gasteiger partial charge in [0.15, 0.2) is 18.1 Å². The quantitative estimate of drug-likeness (QED) is 0.337. The van der Waals surface area contributed by atoms with Gasteiger partial charge in [0.05, 0.1) is 19.1 Å². The lowest BCUT2D eigenvalue weighted by molar-refractivity contribution is -0.118. The number of ether oxygens (including phenoxy) is 3. The van der Waals surface area contributed by atoms with Gasteiger partial charge in [-0.05, 0) is 72.6 Å². The summed E-state index contributed by atoms with van der Waals surface area (Å²) < 4.78 is 43.7. The standard InChI is InChI=1S/C25H27N3O7S/c1-33-22-12-3-17(15-23(22)34-2)13-14-27-36(31,32)21-10-8-20(9-11-21)35-16-24(29)28-19-6-4-18(5-7-19)25(26)30/h3-12,15,27H,13-14,16H2,1-2H3,(H2,26,30)(H,28,29). The van der Waals surface area contributed by atoms with E-state index < -0.39 is 21.8 Å². The van der Waals surface area contributed by atoms with E-state index in [-0.39, 0.29) is 18.0 Å². The molecule has 0 radical (unpaired) electrons. The molecule has 0 saturated carbocycles. The summed E-state index contributed by atoms with van der Waals surface area (Å²) in [5, 5.41) is 2.63. The van der Waals surface area contributed by atoms with Crippen LogP contribution >= 0.6 is 0 Å². The number of methoxy groups -OCH3 is 2. The number of anilines is 1. The Morgan fingerprint density at radius 1 is 0.889 bits per heavy atom. The lowest BCUT2D eigenvalue weighted by Gasteiger charge is -2.11. The Bertz CT molecular complexity index is 1310. The molecule has 0 spiro atoms. The smallest absolute Gasteiger partial charge is 0.262 e. The van der Waals surface area contributed by atoms with Crippen LogP contribution < -0.4 is 30.0 Å². The van der Waals surface area contributed by atoms with Crippen molar-refractivity contribution in [2.75, 3.05) is 32.7 Å². The van der Waals surface area contributed by atoms with Gasteiger partial charge in [0.25, 0.3) is 5.91 Å². The highest BCUT2D eigenvalue weighted by Gasteiger charge is 2.14. The lowest BCUT2D eigenvalue weighted by Crippen LogP contribution is -2.26. The average Bonchev–Trinajstić information content (AvgIpc) is 2.87. The van der Waals surface area contributed by atoms with Crippen molar-refractivity contribution in [3.05, 3.63) is 77.9 Å². The molecule has 4 N–H and O–H groups in total. The monoisotopic (exact) mass is 513 g/mol. The van der Waals surface area contributed by atoms with Crippen molar-refractivity contribution in [3.63, 3.8) is 0 Å². The summed E-state index contributed by atoms with van der Waals surface area (Å²) >= 11 is 0. The molecule has 0 unspecified atom stereocenters. The first-order valence-corrected chi connectivity index (χ1v) is 12.3. The molecule has 0 saturated heterocycles. The molecule has 36 heavy (non-hydrogen) atoms. The van der Waals surface area contributed by atoms with E-state index in [0.29, 0.717) is 34.9 Å². The molecular formula is C25H27N3O7S. The van der Waals surface area contributed by atoms with Crippen molar-refractivity contribution in [2.45, 2.75) is 11.3 Å². The van der Waals surface area contributed by atoms with Gasteiger partial charge in [-0.15, -0.1) is 0 Å². The Kier molecular flexibility index (Phi) is 8.87. The van der Waals surface area contributed by atoms with Crippen LogP contribution in [0.1, 0.15) is 15.9 Å². The molecule has 0 aliphatic heterocycles. The number of carbonyl (C=O) groups is 2. The zero-order valence-electron chi connectivity index (χ0n) is 19.8. The predicted octanol–water partition coefficient (Wildman–Crippen LogP) is 2.34. The molecule has 3 rings (SSSR count). The lowest BCUT2D eigenvalue weighted by atomic mass is 10.1. The number of rotatable bonds is 12. The second kappa shape index (κ2) is 12.0. The Morgan fingerprint density at radius 2 is 1.56 bits per heavy atom. The first-order chi connectivity index (χ1) is 17.2. The first kappa shape index (κ1) is 26.5. The van der Waals surface area contributed by atoms with Crippen molar-refractivity contribution in [1.82, 2.24) is 4.72 Å². The Labute approximate surface area is 209 Å². The number of hydrogen-bond donors (Lipinski definition) is 3. The molecule has 0 aliphatic carbocycles. The molecule has 0 aliphatic rings. The van der Waals surface area contributed by atoms with Crippen LogP contribution in [0.25, 0.3) is 0 Å². The first-order valence-electron chi connectivity index (χ1n) is 10.8. The maximum Gasteiger partial charge on any atom is 0.262 e. The summed E-state index contributed by atoms with van der Waals surface area (Å²) in [5.41, 5.74) is 6.88.